The summed E-state index contributed by atoms with van der Waals surface area (Å²) in [4.78, 5) is 38.7. The van der Waals surface area contributed by atoms with E-state index in [1.807, 2.05) is 0 Å². The number of carbonyl (C=O) groups is 1. The van der Waals surface area contributed by atoms with Crippen LogP contribution in [-0.4, -0.2) is 116 Å². The predicted molar refractivity (Wildman–Crippen MR) is 81.8 cm³/mol. The van der Waals surface area contributed by atoms with E-state index < -0.39 is 56.9 Å². The van der Waals surface area contributed by atoms with Crippen LogP contribution in [0.5, 0.6) is 0 Å². The van der Waals surface area contributed by atoms with Crippen molar-refractivity contribution >= 4 is 61.4 Å². The molecular weight excluding hydrogens is 372 g/mol. The Balaban J connectivity index is 0.00000225. The van der Waals surface area contributed by atoms with Gasteiger partial charge < -0.3 is 24.7 Å². The van der Waals surface area contributed by atoms with E-state index in [0.717, 1.165) is 11.2 Å². The second-order valence-electron chi connectivity index (χ2n) is 5.18. The summed E-state index contributed by atoms with van der Waals surface area (Å²) in [5.41, 5.74) is 0. The molecule has 5 atom stereocenters. The van der Waals surface area contributed by atoms with Crippen molar-refractivity contribution in [3.63, 3.8) is 0 Å². The van der Waals surface area contributed by atoms with Gasteiger partial charge in [-0.1, -0.05) is 0 Å². The summed E-state index contributed by atoms with van der Waals surface area (Å²) in [6.07, 6.45) is -4.44. The predicted octanol–water partition coefficient (Wildman–Crippen LogP) is -3.66. The first-order valence-electron chi connectivity index (χ1n) is 6.69. The van der Waals surface area contributed by atoms with E-state index >= 15 is 0 Å². The number of carbonyl (C=O) groups excluding carboxylic acids is 1. The largest absolute Gasteiger partial charge is 0.470 e. The Morgan fingerprint density at radius 2 is 2.16 bits per heavy atom. The Labute approximate surface area is 162 Å². The number of phosphoric acid groups is 1. The molecule has 0 aromatic carbocycles. The number of nitrogens with zero attached hydrogens (tertiary/aromatic N) is 3. The van der Waals surface area contributed by atoms with Crippen LogP contribution in [0.15, 0.2) is 9.98 Å². The van der Waals surface area contributed by atoms with E-state index in [1.165, 1.54) is 0 Å². The molecule has 13 nitrogen and oxygen atoms in total. The van der Waals surface area contributed by atoms with Gasteiger partial charge in [-0.05, 0) is 0 Å². The monoisotopic (exact) mass is 386 g/mol. The SMILES string of the molecule is N=C1N=C2C(N=CN2[C@@H]2O[C@H](CO)[C@@H](O)[C@H]2OP(=O)(O)O)C(=O)N1.[Na]. The average molecular weight is 386 g/mol. The normalized spacial score (nSPS) is 34.5. The van der Waals surface area contributed by atoms with Gasteiger partial charge in [0.15, 0.2) is 18.1 Å². The van der Waals surface area contributed by atoms with Crippen LogP contribution in [0.4, 0.5) is 0 Å². The summed E-state index contributed by atoms with van der Waals surface area (Å²) < 4.78 is 21.1. The van der Waals surface area contributed by atoms with Crippen LogP contribution in [0.2, 0.25) is 0 Å². The summed E-state index contributed by atoms with van der Waals surface area (Å²) >= 11 is 0. The number of hydrogen-bond donors (Lipinski definition) is 6. The van der Waals surface area contributed by atoms with Gasteiger partial charge in [-0.15, -0.1) is 0 Å². The zero-order valence-corrected chi connectivity index (χ0v) is 15.8. The molecule has 3 aliphatic heterocycles. The van der Waals surface area contributed by atoms with Crippen molar-refractivity contribution in [3.8, 4) is 0 Å². The third kappa shape index (κ3) is 4.01. The number of aliphatic hydroxyl groups excluding tert-OH is 2. The maximum atomic E-state index is 11.8. The van der Waals surface area contributed by atoms with Crippen molar-refractivity contribution in [3.05, 3.63) is 0 Å². The summed E-state index contributed by atoms with van der Waals surface area (Å²) in [5.74, 6) is -1.06. The maximum Gasteiger partial charge on any atom is 0.470 e. The Bertz CT molecular complexity index is 682. The molecule has 25 heavy (non-hydrogen) atoms. The number of fused-ring (bicyclic) bond motifs is 1. The molecule has 1 fully saturated rings. The number of guanidine groups is 1. The van der Waals surface area contributed by atoms with Gasteiger partial charge in [0.05, 0.1) is 12.9 Å². The Morgan fingerprint density at radius 3 is 2.76 bits per heavy atom. The van der Waals surface area contributed by atoms with Crippen LogP contribution in [0.25, 0.3) is 0 Å². The number of nitrogens with one attached hydrogen (secondary N) is 2. The van der Waals surface area contributed by atoms with Gasteiger partial charge in [0.1, 0.15) is 18.3 Å². The van der Waals surface area contributed by atoms with Gasteiger partial charge in [-0.2, -0.15) is 4.99 Å². The molecule has 1 amide bonds. The molecule has 0 aromatic rings. The Hall–Kier alpha value is -0.730. The van der Waals surface area contributed by atoms with E-state index in [0.29, 0.717) is 0 Å². The molecule has 3 heterocycles. The minimum Gasteiger partial charge on any atom is -0.394 e. The quantitative estimate of drug-likeness (QED) is 0.208. The molecular formula is C10H14N5NaO8P. The molecule has 0 saturated carbocycles. The number of amides is 1. The molecule has 133 valence electrons. The van der Waals surface area contributed by atoms with Gasteiger partial charge in [0.2, 0.25) is 5.96 Å². The first kappa shape index (κ1) is 20.6. The van der Waals surface area contributed by atoms with Gasteiger partial charge in [0, 0.05) is 29.6 Å². The molecule has 1 saturated heterocycles. The van der Waals surface area contributed by atoms with E-state index in [9.17, 15) is 19.6 Å². The number of ether oxygens (including phenoxy) is 1. The van der Waals surface area contributed by atoms with Gasteiger partial charge >= 0.3 is 7.82 Å². The first-order valence-corrected chi connectivity index (χ1v) is 8.22. The number of hydrogen-bond acceptors (Lipinski definition) is 9. The number of aliphatic hydroxyl groups is 2. The third-order valence-electron chi connectivity index (χ3n) is 3.59. The van der Waals surface area contributed by atoms with Crippen molar-refractivity contribution in [1.82, 2.24) is 10.2 Å². The summed E-state index contributed by atoms with van der Waals surface area (Å²) in [5, 5.41) is 28.9. The number of phosphoric ester groups is 1. The van der Waals surface area contributed by atoms with Crippen LogP contribution >= 0.6 is 7.82 Å². The summed E-state index contributed by atoms with van der Waals surface area (Å²) in [6, 6.07) is -1.05. The van der Waals surface area contributed by atoms with Gasteiger partial charge in [0.25, 0.3) is 5.91 Å². The second kappa shape index (κ2) is 7.48. The van der Waals surface area contributed by atoms with Crippen molar-refractivity contribution in [2.24, 2.45) is 9.98 Å². The minimum atomic E-state index is -4.98. The zero-order valence-electron chi connectivity index (χ0n) is 12.9. The molecule has 3 rings (SSSR count). The fourth-order valence-corrected chi connectivity index (χ4v) is 3.14. The van der Waals surface area contributed by atoms with Crippen molar-refractivity contribution in [2.45, 2.75) is 30.6 Å². The number of rotatable bonds is 4. The van der Waals surface area contributed by atoms with E-state index in [-0.39, 0.29) is 35.4 Å². The fourth-order valence-electron chi connectivity index (χ4n) is 2.60. The Morgan fingerprint density at radius 1 is 1.48 bits per heavy atom. The van der Waals surface area contributed by atoms with Crippen molar-refractivity contribution in [2.75, 3.05) is 6.61 Å². The molecule has 0 bridgehead atoms. The molecule has 0 aromatic heterocycles. The van der Waals surface area contributed by atoms with Gasteiger partial charge in [-0.3, -0.25) is 29.9 Å². The van der Waals surface area contributed by atoms with Crippen LogP contribution in [0.3, 0.4) is 0 Å². The van der Waals surface area contributed by atoms with Crippen LogP contribution < -0.4 is 5.32 Å². The maximum absolute atomic E-state index is 11.8. The Kier molecular flexibility index (Phi) is 6.16. The standard InChI is InChI=1S/C10H14N5O8P.Na/c11-10-13-7-4(8(18)14-10)12-2-15(7)9-6(23-24(19,20)21)5(17)3(1-16)22-9;/h2-6,9,16-17H,1H2,(H2,11,14,18)(H2,19,20,21);/t3-,4?,5-,6-,9-;/m1./s1. The van der Waals surface area contributed by atoms with Crippen molar-refractivity contribution in [1.29, 1.82) is 5.41 Å². The number of amidine groups is 1. The molecule has 3 aliphatic rings. The minimum absolute atomic E-state index is 0. The molecule has 1 radical (unpaired) electrons. The second-order valence-corrected chi connectivity index (χ2v) is 6.37. The molecule has 1 unspecified atom stereocenters. The summed E-state index contributed by atoms with van der Waals surface area (Å²) in [7, 11) is -4.98. The number of aliphatic imine (C=N–C) groups is 2. The zero-order chi connectivity index (χ0) is 17.6. The first-order chi connectivity index (χ1) is 11.2. The fraction of sp³-hybridized carbons (Fsp3) is 0.600. The van der Waals surface area contributed by atoms with Crippen LogP contribution in [-0.2, 0) is 18.6 Å². The molecule has 6 N–H and O–H groups in total. The molecule has 0 spiro atoms. The summed E-state index contributed by atoms with van der Waals surface area (Å²) in [6.45, 7) is -0.629. The smallest absolute Gasteiger partial charge is 0.394 e. The van der Waals surface area contributed by atoms with E-state index in [1.54, 1.807) is 0 Å². The topological polar surface area (TPSA) is 197 Å². The molecule has 15 heteroatoms. The van der Waals surface area contributed by atoms with Gasteiger partial charge in [-0.25, -0.2) is 4.57 Å². The molecule has 0 aliphatic carbocycles. The van der Waals surface area contributed by atoms with Crippen LogP contribution in [0.1, 0.15) is 0 Å². The van der Waals surface area contributed by atoms with Crippen molar-refractivity contribution < 1.29 is 38.6 Å². The van der Waals surface area contributed by atoms with E-state index in [2.05, 4.69) is 19.8 Å². The average Bonchev–Trinajstić information content (AvgIpc) is 3.00. The van der Waals surface area contributed by atoms with Crippen LogP contribution in [0, 0.1) is 5.41 Å². The third-order valence-corrected chi connectivity index (χ3v) is 4.11. The van der Waals surface area contributed by atoms with E-state index in [4.69, 9.17) is 19.9 Å².